The Bertz CT molecular complexity index is 955. The fourth-order valence-corrected chi connectivity index (χ4v) is 7.66. The molecule has 0 amide bonds. The first-order valence-electron chi connectivity index (χ1n) is 26.5. The third-order valence-corrected chi connectivity index (χ3v) is 11.6. The summed E-state index contributed by atoms with van der Waals surface area (Å²) in [4.78, 5) is 25.4. The molecule has 0 aromatic heterocycles. The molecule has 1 atom stereocenters. The fourth-order valence-electron chi connectivity index (χ4n) is 7.66. The van der Waals surface area contributed by atoms with Crippen molar-refractivity contribution in [3.8, 4) is 0 Å². The van der Waals surface area contributed by atoms with E-state index in [1.54, 1.807) is 0 Å². The van der Waals surface area contributed by atoms with E-state index < -0.39 is 6.10 Å². The number of allylic oxidation sites excluding steroid dienone is 6. The summed E-state index contributed by atoms with van der Waals surface area (Å²) in [5.74, 6) is -0.394. The molecule has 1 unspecified atom stereocenters. The van der Waals surface area contributed by atoms with Crippen LogP contribution in [-0.4, -0.2) is 37.9 Å². The van der Waals surface area contributed by atoms with Crippen molar-refractivity contribution in [3.05, 3.63) is 36.5 Å². The smallest absolute Gasteiger partial charge is 0.306 e. The van der Waals surface area contributed by atoms with Crippen LogP contribution in [0, 0.1) is 0 Å². The monoisotopic (exact) mass is 843 g/mol. The third-order valence-electron chi connectivity index (χ3n) is 11.6. The minimum Gasteiger partial charge on any atom is -0.462 e. The first-order chi connectivity index (χ1) is 29.6. The van der Waals surface area contributed by atoms with Gasteiger partial charge in [-0.25, -0.2) is 0 Å². The summed E-state index contributed by atoms with van der Waals surface area (Å²) in [5.41, 5.74) is 0. The van der Waals surface area contributed by atoms with Crippen LogP contribution in [0.25, 0.3) is 0 Å². The molecule has 60 heavy (non-hydrogen) atoms. The predicted octanol–water partition coefficient (Wildman–Crippen LogP) is 17.8. The Morgan fingerprint density at radius 2 is 0.733 bits per heavy atom. The Morgan fingerprint density at radius 3 is 1.18 bits per heavy atom. The van der Waals surface area contributed by atoms with Gasteiger partial charge >= 0.3 is 11.9 Å². The Balaban J connectivity index is 4.24. The van der Waals surface area contributed by atoms with Gasteiger partial charge in [-0.15, -0.1) is 0 Å². The van der Waals surface area contributed by atoms with Gasteiger partial charge in [-0.3, -0.25) is 9.59 Å². The highest BCUT2D eigenvalue weighted by molar-refractivity contribution is 5.70. The maximum atomic E-state index is 12.8. The van der Waals surface area contributed by atoms with Crippen molar-refractivity contribution >= 4 is 11.9 Å². The Morgan fingerprint density at radius 1 is 0.367 bits per heavy atom. The van der Waals surface area contributed by atoms with E-state index in [1.165, 1.54) is 199 Å². The molecule has 352 valence electrons. The summed E-state index contributed by atoms with van der Waals surface area (Å²) in [6, 6.07) is 0. The number of carbonyl (C=O) groups excluding carboxylic acids is 2. The zero-order valence-corrected chi connectivity index (χ0v) is 40.5. The first-order valence-corrected chi connectivity index (χ1v) is 26.5. The molecule has 0 saturated heterocycles. The van der Waals surface area contributed by atoms with Crippen molar-refractivity contribution in [2.45, 2.75) is 284 Å². The minimum absolute atomic E-state index is 0.0834. The standard InChI is InChI=1S/C55H102O5/c1-4-7-10-13-16-19-22-25-27-28-29-31-33-36-39-42-45-48-54(56)59-52-53(51-58-50-47-44-41-38-35-32-26-23-20-17-14-11-8-5-2)60-55(57)49-46-43-40-37-34-30-24-21-18-15-12-9-6-3/h11,14,20,23,25,27,53H,4-10,12-13,15-19,21-22,24,26,28-52H2,1-3H3/b14-11-,23-20-,27-25-. The average Bonchev–Trinajstić information content (AvgIpc) is 3.25. The molecule has 5 heteroatoms. The number of carbonyl (C=O) groups is 2. The number of rotatable bonds is 49. The lowest BCUT2D eigenvalue weighted by Crippen LogP contribution is -2.30. The molecule has 0 radical (unpaired) electrons. The van der Waals surface area contributed by atoms with Gasteiger partial charge in [-0.2, -0.15) is 0 Å². The zero-order valence-electron chi connectivity index (χ0n) is 40.5. The SMILES string of the molecule is CCC/C=C\C/C=C\CCCCCCCCOCC(COC(=O)CCCCCCCCC/C=C\CCCCCCCC)OC(=O)CCCCCCCCCCCCCCC. The van der Waals surface area contributed by atoms with E-state index in [9.17, 15) is 9.59 Å². The zero-order chi connectivity index (χ0) is 43.5. The van der Waals surface area contributed by atoms with E-state index in [1.807, 2.05) is 0 Å². The van der Waals surface area contributed by atoms with Gasteiger partial charge in [-0.05, 0) is 70.6 Å². The molecule has 0 rings (SSSR count). The van der Waals surface area contributed by atoms with Gasteiger partial charge in [0.05, 0.1) is 6.61 Å². The largest absolute Gasteiger partial charge is 0.462 e. The van der Waals surface area contributed by atoms with E-state index in [0.29, 0.717) is 19.4 Å². The molecule has 0 saturated carbocycles. The average molecular weight is 843 g/mol. The number of hydrogen-bond donors (Lipinski definition) is 0. The van der Waals surface area contributed by atoms with E-state index in [-0.39, 0.29) is 25.2 Å². The lowest BCUT2D eigenvalue weighted by atomic mass is 10.0. The second-order valence-corrected chi connectivity index (χ2v) is 17.8. The minimum atomic E-state index is -0.538. The van der Waals surface area contributed by atoms with Crippen LogP contribution in [0.3, 0.4) is 0 Å². The van der Waals surface area contributed by atoms with Crippen LogP contribution in [0.5, 0.6) is 0 Å². The van der Waals surface area contributed by atoms with Crippen LogP contribution in [0.4, 0.5) is 0 Å². The topological polar surface area (TPSA) is 61.8 Å². The van der Waals surface area contributed by atoms with Crippen LogP contribution in [-0.2, 0) is 23.8 Å². The van der Waals surface area contributed by atoms with Crippen molar-refractivity contribution in [1.29, 1.82) is 0 Å². The normalized spacial score (nSPS) is 12.4. The molecule has 0 aliphatic heterocycles. The van der Waals surface area contributed by atoms with E-state index in [2.05, 4.69) is 57.2 Å². The molecule has 0 aliphatic carbocycles. The van der Waals surface area contributed by atoms with Gasteiger partial charge in [0.1, 0.15) is 6.61 Å². The van der Waals surface area contributed by atoms with Crippen LogP contribution in [0.15, 0.2) is 36.5 Å². The van der Waals surface area contributed by atoms with Gasteiger partial charge in [0.25, 0.3) is 0 Å². The second kappa shape index (κ2) is 51.5. The molecule has 0 bridgehead atoms. The highest BCUT2D eigenvalue weighted by Gasteiger charge is 2.17. The highest BCUT2D eigenvalue weighted by atomic mass is 16.6. The molecule has 0 heterocycles. The second-order valence-electron chi connectivity index (χ2n) is 17.8. The number of hydrogen-bond acceptors (Lipinski definition) is 5. The molecule has 5 nitrogen and oxygen atoms in total. The van der Waals surface area contributed by atoms with Crippen molar-refractivity contribution < 1.29 is 23.8 Å². The van der Waals surface area contributed by atoms with Crippen LogP contribution in [0.1, 0.15) is 278 Å². The Hall–Kier alpha value is -1.88. The molecule has 0 fully saturated rings. The third kappa shape index (κ3) is 48.8. The molecular formula is C55H102O5. The Kier molecular flexibility index (Phi) is 49.9. The van der Waals surface area contributed by atoms with Gasteiger partial charge in [0.2, 0.25) is 0 Å². The van der Waals surface area contributed by atoms with Gasteiger partial charge in [-0.1, -0.05) is 231 Å². The molecule has 0 spiro atoms. The maximum absolute atomic E-state index is 12.8. The van der Waals surface area contributed by atoms with Crippen LogP contribution < -0.4 is 0 Å². The van der Waals surface area contributed by atoms with Gasteiger partial charge in [0, 0.05) is 19.4 Å². The van der Waals surface area contributed by atoms with Crippen molar-refractivity contribution in [3.63, 3.8) is 0 Å². The number of ether oxygens (including phenoxy) is 3. The van der Waals surface area contributed by atoms with Gasteiger partial charge in [0.15, 0.2) is 6.10 Å². The summed E-state index contributed by atoms with van der Waals surface area (Å²) in [5, 5.41) is 0. The van der Waals surface area contributed by atoms with Crippen molar-refractivity contribution in [2.24, 2.45) is 0 Å². The molecule has 0 N–H and O–H groups in total. The van der Waals surface area contributed by atoms with Gasteiger partial charge < -0.3 is 14.2 Å². The summed E-state index contributed by atoms with van der Waals surface area (Å²) in [7, 11) is 0. The summed E-state index contributed by atoms with van der Waals surface area (Å²) >= 11 is 0. The van der Waals surface area contributed by atoms with E-state index in [4.69, 9.17) is 14.2 Å². The van der Waals surface area contributed by atoms with Crippen molar-refractivity contribution in [2.75, 3.05) is 19.8 Å². The fraction of sp³-hybridized carbons (Fsp3) is 0.855. The van der Waals surface area contributed by atoms with Crippen LogP contribution in [0.2, 0.25) is 0 Å². The highest BCUT2D eigenvalue weighted by Crippen LogP contribution is 2.15. The quantitative estimate of drug-likeness (QED) is 0.0347. The lowest BCUT2D eigenvalue weighted by molar-refractivity contribution is -0.163. The van der Waals surface area contributed by atoms with Crippen molar-refractivity contribution in [1.82, 2.24) is 0 Å². The summed E-state index contributed by atoms with van der Waals surface area (Å²) in [6.07, 6.45) is 61.5. The van der Waals surface area contributed by atoms with E-state index >= 15 is 0 Å². The molecule has 0 aromatic carbocycles. The Labute approximate surface area is 374 Å². The predicted molar refractivity (Wildman–Crippen MR) is 261 cm³/mol. The molecular weight excluding hydrogens is 741 g/mol. The lowest BCUT2D eigenvalue weighted by Gasteiger charge is -2.18. The maximum Gasteiger partial charge on any atom is 0.306 e. The molecule has 0 aromatic rings. The number of esters is 2. The van der Waals surface area contributed by atoms with E-state index in [0.717, 1.165) is 44.9 Å². The summed E-state index contributed by atoms with van der Waals surface area (Å²) in [6.45, 7) is 7.78. The molecule has 0 aliphatic rings. The number of unbranched alkanes of at least 4 members (excludes halogenated alkanes) is 32. The summed E-state index contributed by atoms with van der Waals surface area (Å²) < 4.78 is 17.4. The van der Waals surface area contributed by atoms with Crippen LogP contribution >= 0.6 is 0 Å². The first kappa shape index (κ1) is 58.1.